The van der Waals surface area contributed by atoms with Crippen LogP contribution in [0.1, 0.15) is 42.8 Å². The van der Waals surface area contributed by atoms with Gasteiger partial charge in [-0.15, -0.1) is 0 Å². The number of piperidine rings is 1. The van der Waals surface area contributed by atoms with Crippen molar-refractivity contribution in [1.29, 1.82) is 0 Å². The number of aryl methyl sites for hydroxylation is 2. The van der Waals surface area contributed by atoms with Crippen LogP contribution in [0.25, 0.3) is 11.5 Å². The van der Waals surface area contributed by atoms with Gasteiger partial charge in [-0.1, -0.05) is 24.1 Å². The Hall–Kier alpha value is -2.57. The fourth-order valence-corrected chi connectivity index (χ4v) is 4.65. The van der Waals surface area contributed by atoms with E-state index >= 15 is 0 Å². The Labute approximate surface area is 187 Å². The summed E-state index contributed by atoms with van der Waals surface area (Å²) in [5, 5.41) is 0.545. The van der Waals surface area contributed by atoms with Crippen LogP contribution in [0.15, 0.2) is 40.9 Å². The van der Waals surface area contributed by atoms with Crippen molar-refractivity contribution in [3.05, 3.63) is 58.7 Å². The summed E-state index contributed by atoms with van der Waals surface area (Å²) in [5.74, 6) is 2.68. The Morgan fingerprint density at radius 1 is 1.16 bits per heavy atom. The lowest BCUT2D eigenvalue weighted by Gasteiger charge is -2.35. The summed E-state index contributed by atoms with van der Waals surface area (Å²) in [7, 11) is 0. The van der Waals surface area contributed by atoms with Gasteiger partial charge in [0.2, 0.25) is 12.7 Å². The van der Waals surface area contributed by atoms with Crippen molar-refractivity contribution < 1.29 is 13.9 Å². The van der Waals surface area contributed by atoms with Crippen LogP contribution < -0.4 is 9.47 Å². The fraction of sp³-hybridized carbons (Fsp3) is 0.417. The van der Waals surface area contributed by atoms with Crippen LogP contribution in [0.5, 0.6) is 11.5 Å². The minimum atomic E-state index is 0.208. The van der Waals surface area contributed by atoms with Gasteiger partial charge in [-0.25, -0.2) is 4.98 Å². The van der Waals surface area contributed by atoms with Crippen LogP contribution in [-0.4, -0.2) is 34.2 Å². The quantitative estimate of drug-likeness (QED) is 0.511. The molecule has 1 fully saturated rings. The number of fused-ring (bicyclic) bond motifs is 1. The lowest BCUT2D eigenvalue weighted by Crippen LogP contribution is -2.39. The highest BCUT2D eigenvalue weighted by atomic mass is 35.5. The minimum absolute atomic E-state index is 0.208. The van der Waals surface area contributed by atoms with Crippen molar-refractivity contribution in [2.24, 2.45) is 0 Å². The first kappa shape index (κ1) is 20.3. The minimum Gasteiger partial charge on any atom is -0.454 e. The molecule has 0 saturated carbocycles. The molecule has 162 valence electrons. The topological polar surface area (TPSA) is 60.6 Å². The van der Waals surface area contributed by atoms with Crippen LogP contribution in [0.4, 0.5) is 0 Å². The lowest BCUT2D eigenvalue weighted by molar-refractivity contribution is 0.130. The summed E-state index contributed by atoms with van der Waals surface area (Å²) in [6.07, 6.45) is 7.68. The van der Waals surface area contributed by atoms with Gasteiger partial charge in [0.25, 0.3) is 0 Å². The fourth-order valence-electron chi connectivity index (χ4n) is 4.42. The van der Waals surface area contributed by atoms with Crippen molar-refractivity contribution in [2.75, 3.05) is 13.3 Å². The van der Waals surface area contributed by atoms with E-state index in [1.165, 1.54) is 19.3 Å². The number of pyridine rings is 1. The molecule has 2 aromatic heterocycles. The van der Waals surface area contributed by atoms with Gasteiger partial charge in [0, 0.05) is 30.5 Å². The largest absolute Gasteiger partial charge is 0.454 e. The first-order valence-corrected chi connectivity index (χ1v) is 11.2. The number of oxazole rings is 1. The number of nitrogens with zero attached hydrogens (tertiary/aromatic N) is 3. The highest BCUT2D eigenvalue weighted by Crippen LogP contribution is 2.41. The molecule has 4 heterocycles. The molecule has 6 nitrogen and oxygen atoms in total. The zero-order valence-electron chi connectivity index (χ0n) is 17.6. The molecule has 0 spiro atoms. The number of ether oxygens (including phenoxy) is 2. The normalized spacial score (nSPS) is 18.5. The van der Waals surface area contributed by atoms with Gasteiger partial charge >= 0.3 is 0 Å². The standard InChI is InChI=1S/C24H26ClN3O3/c1-16-21(27-24(31-16)19-12-22-23(13-20(19)25)30-15-29-22)14-28-11-5-3-7-18(28)9-8-17-6-2-4-10-26-17/h2,4,6,10,12-13,18H,3,5,7-9,11,14-15H2,1H3/t18-/m0/s1. The van der Waals surface area contributed by atoms with Crippen molar-refractivity contribution in [2.45, 2.75) is 51.6 Å². The molecule has 5 rings (SSSR count). The molecule has 31 heavy (non-hydrogen) atoms. The van der Waals surface area contributed by atoms with Gasteiger partial charge in [0.05, 0.1) is 16.3 Å². The predicted molar refractivity (Wildman–Crippen MR) is 118 cm³/mol. The molecule has 1 saturated heterocycles. The zero-order valence-corrected chi connectivity index (χ0v) is 18.4. The SMILES string of the molecule is Cc1oc(-c2cc3c(cc2Cl)OCO3)nc1CN1CCCC[C@H]1CCc1ccccn1. The van der Waals surface area contributed by atoms with Gasteiger partial charge in [0.1, 0.15) is 5.76 Å². The van der Waals surface area contributed by atoms with Crippen LogP contribution in [-0.2, 0) is 13.0 Å². The third-order valence-electron chi connectivity index (χ3n) is 6.15. The molecule has 0 unspecified atom stereocenters. The lowest BCUT2D eigenvalue weighted by atomic mass is 9.96. The van der Waals surface area contributed by atoms with Crippen LogP contribution in [0.3, 0.4) is 0 Å². The number of aromatic nitrogens is 2. The predicted octanol–water partition coefficient (Wildman–Crippen LogP) is 5.41. The van der Waals surface area contributed by atoms with Crippen molar-refractivity contribution in [3.63, 3.8) is 0 Å². The molecule has 1 atom stereocenters. The molecule has 0 amide bonds. The summed E-state index contributed by atoms with van der Waals surface area (Å²) in [5.41, 5.74) is 2.85. The Kier molecular flexibility index (Phi) is 5.83. The maximum absolute atomic E-state index is 6.47. The van der Waals surface area contributed by atoms with E-state index in [0.29, 0.717) is 28.5 Å². The van der Waals surface area contributed by atoms with E-state index in [-0.39, 0.29) is 6.79 Å². The first-order valence-electron chi connectivity index (χ1n) is 10.9. The van der Waals surface area contributed by atoms with Gasteiger partial charge in [0.15, 0.2) is 11.5 Å². The molecular formula is C24H26ClN3O3. The number of likely N-dealkylation sites (tertiary alicyclic amines) is 1. The average molecular weight is 440 g/mol. The monoisotopic (exact) mass is 439 g/mol. The summed E-state index contributed by atoms with van der Waals surface area (Å²) in [6, 6.07) is 10.3. The maximum Gasteiger partial charge on any atom is 0.231 e. The van der Waals surface area contributed by atoms with E-state index in [2.05, 4.69) is 22.0 Å². The zero-order chi connectivity index (χ0) is 21.2. The number of hydrogen-bond donors (Lipinski definition) is 0. The van der Waals surface area contributed by atoms with Gasteiger partial charge in [-0.2, -0.15) is 0 Å². The third kappa shape index (κ3) is 4.41. The maximum atomic E-state index is 6.47. The van der Waals surface area contributed by atoms with Gasteiger partial charge in [-0.3, -0.25) is 9.88 Å². The molecular weight excluding hydrogens is 414 g/mol. The van der Waals surface area contributed by atoms with Gasteiger partial charge < -0.3 is 13.9 Å². The van der Waals surface area contributed by atoms with Crippen LogP contribution in [0, 0.1) is 6.92 Å². The van der Waals surface area contributed by atoms with Crippen molar-refractivity contribution in [3.8, 4) is 23.0 Å². The Balaban J connectivity index is 1.32. The molecule has 1 aromatic carbocycles. The smallest absolute Gasteiger partial charge is 0.231 e. The molecule has 0 bridgehead atoms. The summed E-state index contributed by atoms with van der Waals surface area (Å²) in [4.78, 5) is 11.8. The number of hydrogen-bond acceptors (Lipinski definition) is 6. The Morgan fingerprint density at radius 3 is 2.87 bits per heavy atom. The highest BCUT2D eigenvalue weighted by Gasteiger charge is 2.26. The summed E-state index contributed by atoms with van der Waals surface area (Å²) < 4.78 is 16.9. The Bertz CT molecular complexity index is 1050. The molecule has 0 radical (unpaired) electrons. The number of benzene rings is 1. The van der Waals surface area contributed by atoms with E-state index in [1.54, 1.807) is 6.07 Å². The van der Waals surface area contributed by atoms with Crippen LogP contribution in [0.2, 0.25) is 5.02 Å². The summed E-state index contributed by atoms with van der Waals surface area (Å²) >= 11 is 6.47. The summed E-state index contributed by atoms with van der Waals surface area (Å²) in [6.45, 7) is 4.04. The molecule has 2 aliphatic heterocycles. The van der Waals surface area contributed by atoms with E-state index in [4.69, 9.17) is 30.5 Å². The second-order valence-corrected chi connectivity index (χ2v) is 8.59. The van der Waals surface area contributed by atoms with Crippen molar-refractivity contribution >= 4 is 11.6 Å². The third-order valence-corrected chi connectivity index (χ3v) is 6.46. The number of rotatable bonds is 6. The first-order chi connectivity index (χ1) is 15.2. The second-order valence-electron chi connectivity index (χ2n) is 8.19. The highest BCUT2D eigenvalue weighted by molar-refractivity contribution is 6.33. The van der Waals surface area contributed by atoms with Gasteiger partial charge in [-0.05, 0) is 57.4 Å². The number of halogens is 1. The molecule has 2 aliphatic rings. The van der Waals surface area contributed by atoms with E-state index < -0.39 is 0 Å². The molecule has 7 heteroatoms. The molecule has 3 aromatic rings. The van der Waals surface area contributed by atoms with Crippen LogP contribution >= 0.6 is 11.6 Å². The molecule has 0 aliphatic carbocycles. The Morgan fingerprint density at radius 2 is 2.03 bits per heavy atom. The van der Waals surface area contributed by atoms with E-state index in [0.717, 1.165) is 48.6 Å². The van der Waals surface area contributed by atoms with E-state index in [1.807, 2.05) is 25.3 Å². The van der Waals surface area contributed by atoms with E-state index in [9.17, 15) is 0 Å². The second kappa shape index (κ2) is 8.89. The average Bonchev–Trinajstić information content (AvgIpc) is 3.39. The van der Waals surface area contributed by atoms with Crippen molar-refractivity contribution in [1.82, 2.24) is 14.9 Å². The molecule has 0 N–H and O–H groups in total.